The molecule has 0 bridgehead atoms. The highest BCUT2D eigenvalue weighted by molar-refractivity contribution is 8.00. The molecular weight excluding hydrogens is 276 g/mol. The number of non-ortho nitro benzene ring substituents is 1. The summed E-state index contributed by atoms with van der Waals surface area (Å²) in [5, 5.41) is 10.8. The molecule has 0 unspecified atom stereocenters. The number of rotatable bonds is 5. The minimum atomic E-state index is -0.419. The average Bonchev–Trinajstić information content (AvgIpc) is 2.46. The van der Waals surface area contributed by atoms with Gasteiger partial charge in [0.25, 0.3) is 5.69 Å². The van der Waals surface area contributed by atoms with E-state index in [1.807, 2.05) is 31.2 Å². The van der Waals surface area contributed by atoms with Gasteiger partial charge in [-0.3, -0.25) is 10.1 Å². The van der Waals surface area contributed by atoms with Gasteiger partial charge in [0.2, 0.25) is 0 Å². The van der Waals surface area contributed by atoms with Crippen LogP contribution in [0.2, 0.25) is 0 Å². The van der Waals surface area contributed by atoms with Gasteiger partial charge in [0.15, 0.2) is 0 Å². The second kappa shape index (κ2) is 6.29. The zero-order chi connectivity index (χ0) is 14.5. The first-order chi connectivity index (χ1) is 9.61. The molecule has 6 heteroatoms. The van der Waals surface area contributed by atoms with Gasteiger partial charge < -0.3 is 9.46 Å². The van der Waals surface area contributed by atoms with Crippen LogP contribution in [0.4, 0.5) is 11.4 Å². The highest BCUT2D eigenvalue weighted by Gasteiger charge is 2.12. The lowest BCUT2D eigenvalue weighted by atomic mass is 10.2. The maximum absolute atomic E-state index is 10.8. The molecule has 0 radical (unpaired) electrons. The number of benzene rings is 2. The lowest BCUT2D eigenvalue weighted by Gasteiger charge is -2.11. The minimum absolute atomic E-state index is 0.0416. The van der Waals surface area contributed by atoms with Gasteiger partial charge in [-0.15, -0.1) is 0 Å². The van der Waals surface area contributed by atoms with E-state index in [1.165, 1.54) is 24.1 Å². The number of nitrogens with zero attached hydrogens (tertiary/aromatic N) is 1. The van der Waals surface area contributed by atoms with Crippen LogP contribution in [-0.2, 0) is 0 Å². The molecule has 5 nitrogen and oxygen atoms in total. The Kier molecular flexibility index (Phi) is 4.47. The molecule has 0 saturated carbocycles. The van der Waals surface area contributed by atoms with E-state index in [4.69, 9.17) is 4.74 Å². The second-order valence-electron chi connectivity index (χ2n) is 4.11. The third kappa shape index (κ3) is 3.21. The molecule has 2 rings (SSSR count). The Hall–Kier alpha value is -2.21. The van der Waals surface area contributed by atoms with Gasteiger partial charge in [-0.2, -0.15) is 0 Å². The van der Waals surface area contributed by atoms with E-state index < -0.39 is 4.92 Å². The molecule has 0 fully saturated rings. The van der Waals surface area contributed by atoms with Crippen molar-refractivity contribution in [1.82, 2.24) is 0 Å². The first-order valence-corrected chi connectivity index (χ1v) is 6.74. The number of nitrogens with one attached hydrogen (secondary N) is 1. The smallest absolute Gasteiger partial charge is 0.270 e. The predicted molar refractivity (Wildman–Crippen MR) is 80.3 cm³/mol. The molecule has 0 aromatic heterocycles. The molecule has 1 N–H and O–H groups in total. The Bertz CT molecular complexity index is 632. The summed E-state index contributed by atoms with van der Waals surface area (Å²) in [6.07, 6.45) is 0. The van der Waals surface area contributed by atoms with Crippen molar-refractivity contribution in [1.29, 1.82) is 0 Å². The van der Waals surface area contributed by atoms with Crippen LogP contribution in [0.3, 0.4) is 0 Å². The number of aryl methyl sites for hydroxylation is 1. The van der Waals surface area contributed by atoms with Gasteiger partial charge in [0.05, 0.1) is 16.9 Å². The molecule has 0 aliphatic carbocycles. The van der Waals surface area contributed by atoms with E-state index in [0.29, 0.717) is 10.6 Å². The molecule has 0 amide bonds. The molecule has 0 heterocycles. The summed E-state index contributed by atoms with van der Waals surface area (Å²) in [7, 11) is 1.54. The van der Waals surface area contributed by atoms with Crippen molar-refractivity contribution < 1.29 is 9.66 Å². The molecular formula is C14H14N2O3S. The minimum Gasteiger partial charge on any atom is -0.496 e. The first-order valence-electron chi connectivity index (χ1n) is 5.92. The summed E-state index contributed by atoms with van der Waals surface area (Å²) in [6, 6.07) is 12.4. The van der Waals surface area contributed by atoms with Crippen LogP contribution in [0.5, 0.6) is 5.75 Å². The van der Waals surface area contributed by atoms with Crippen LogP contribution in [0.25, 0.3) is 0 Å². The van der Waals surface area contributed by atoms with Crippen LogP contribution in [-0.4, -0.2) is 12.0 Å². The predicted octanol–water partition coefficient (Wildman–Crippen LogP) is 4.03. The molecule has 0 aliphatic rings. The summed E-state index contributed by atoms with van der Waals surface area (Å²) < 4.78 is 8.40. The standard InChI is InChI=1S/C14H14N2O3S/c1-10-5-3-4-6-12(10)15-20-14-9-11(16(17)18)7-8-13(14)19-2/h3-9,15H,1-2H3. The lowest BCUT2D eigenvalue weighted by molar-refractivity contribution is -0.385. The topological polar surface area (TPSA) is 64.4 Å². The summed E-state index contributed by atoms with van der Waals surface area (Å²) in [5.41, 5.74) is 2.11. The fourth-order valence-corrected chi connectivity index (χ4v) is 2.54. The fourth-order valence-electron chi connectivity index (χ4n) is 1.66. The first kappa shape index (κ1) is 14.2. The molecule has 2 aromatic rings. The Balaban J connectivity index is 2.22. The Morgan fingerprint density at radius 2 is 2.00 bits per heavy atom. The summed E-state index contributed by atoms with van der Waals surface area (Å²) in [5.74, 6) is 0.599. The van der Waals surface area contributed by atoms with Gasteiger partial charge in [0.1, 0.15) is 5.75 Å². The Morgan fingerprint density at radius 1 is 1.25 bits per heavy atom. The average molecular weight is 290 g/mol. The van der Waals surface area contributed by atoms with Crippen LogP contribution in [0.1, 0.15) is 5.56 Å². The molecule has 2 aromatic carbocycles. The third-order valence-corrected chi connectivity index (χ3v) is 3.63. The summed E-state index contributed by atoms with van der Waals surface area (Å²) in [4.78, 5) is 11.1. The quantitative estimate of drug-likeness (QED) is 0.511. The van der Waals surface area contributed by atoms with Crippen molar-refractivity contribution in [2.24, 2.45) is 0 Å². The molecule has 0 saturated heterocycles. The van der Waals surface area contributed by atoms with E-state index in [-0.39, 0.29) is 5.69 Å². The number of hydrogen-bond donors (Lipinski definition) is 1. The number of nitro groups is 1. The fraction of sp³-hybridized carbons (Fsp3) is 0.143. The maximum atomic E-state index is 10.8. The SMILES string of the molecule is COc1ccc([N+](=O)[O-])cc1SNc1ccccc1C. The highest BCUT2D eigenvalue weighted by atomic mass is 32.2. The van der Waals surface area contributed by atoms with E-state index >= 15 is 0 Å². The zero-order valence-electron chi connectivity index (χ0n) is 11.1. The van der Waals surface area contributed by atoms with Crippen LogP contribution >= 0.6 is 11.9 Å². The van der Waals surface area contributed by atoms with Crippen molar-refractivity contribution in [3.63, 3.8) is 0 Å². The van der Waals surface area contributed by atoms with Crippen molar-refractivity contribution >= 4 is 23.3 Å². The van der Waals surface area contributed by atoms with Crippen LogP contribution < -0.4 is 9.46 Å². The zero-order valence-corrected chi connectivity index (χ0v) is 11.9. The van der Waals surface area contributed by atoms with Crippen LogP contribution in [0.15, 0.2) is 47.4 Å². The number of methoxy groups -OCH3 is 1. The van der Waals surface area contributed by atoms with Crippen molar-refractivity contribution in [2.45, 2.75) is 11.8 Å². The van der Waals surface area contributed by atoms with Gasteiger partial charge in [-0.25, -0.2) is 0 Å². The molecule has 20 heavy (non-hydrogen) atoms. The number of ether oxygens (including phenoxy) is 1. The van der Waals surface area contributed by atoms with Gasteiger partial charge >= 0.3 is 0 Å². The molecule has 0 aliphatic heterocycles. The molecule has 0 atom stereocenters. The Labute approximate surface area is 121 Å². The van der Waals surface area contributed by atoms with Crippen molar-refractivity contribution in [2.75, 3.05) is 11.8 Å². The van der Waals surface area contributed by atoms with Crippen molar-refractivity contribution in [3.05, 3.63) is 58.1 Å². The lowest BCUT2D eigenvalue weighted by Crippen LogP contribution is -1.94. The number of hydrogen-bond acceptors (Lipinski definition) is 5. The Morgan fingerprint density at radius 3 is 2.65 bits per heavy atom. The van der Waals surface area contributed by atoms with Gasteiger partial charge in [-0.05, 0) is 36.6 Å². The molecule has 0 spiro atoms. The monoisotopic (exact) mass is 290 g/mol. The van der Waals surface area contributed by atoms with E-state index in [2.05, 4.69) is 4.72 Å². The maximum Gasteiger partial charge on any atom is 0.270 e. The molecule has 104 valence electrons. The van der Waals surface area contributed by atoms with E-state index in [9.17, 15) is 10.1 Å². The largest absolute Gasteiger partial charge is 0.496 e. The van der Waals surface area contributed by atoms with Crippen LogP contribution in [0, 0.1) is 17.0 Å². The van der Waals surface area contributed by atoms with Gasteiger partial charge in [0, 0.05) is 17.8 Å². The normalized spacial score (nSPS) is 10.1. The van der Waals surface area contributed by atoms with E-state index in [1.54, 1.807) is 13.2 Å². The third-order valence-electron chi connectivity index (χ3n) is 2.77. The number of para-hydroxylation sites is 1. The van der Waals surface area contributed by atoms with Gasteiger partial charge in [-0.1, -0.05) is 18.2 Å². The summed E-state index contributed by atoms with van der Waals surface area (Å²) >= 11 is 1.29. The highest BCUT2D eigenvalue weighted by Crippen LogP contribution is 2.33. The number of anilines is 1. The number of nitro benzene ring substituents is 1. The van der Waals surface area contributed by atoms with Crippen molar-refractivity contribution in [3.8, 4) is 5.75 Å². The van der Waals surface area contributed by atoms with E-state index in [0.717, 1.165) is 11.3 Å². The second-order valence-corrected chi connectivity index (χ2v) is 4.96. The summed E-state index contributed by atoms with van der Waals surface area (Å²) in [6.45, 7) is 1.99.